The van der Waals surface area contributed by atoms with Crippen LogP contribution in [0.15, 0.2) is 78.9 Å². The van der Waals surface area contributed by atoms with E-state index in [2.05, 4.69) is 127 Å². The number of fused-ring (bicyclic) bond motifs is 2. The second kappa shape index (κ2) is 13.9. The van der Waals surface area contributed by atoms with Crippen molar-refractivity contribution in [3.63, 3.8) is 0 Å². The number of hydrogen-bond acceptors (Lipinski definition) is 0. The number of rotatable bonds is 2. The first-order valence-electron chi connectivity index (χ1n) is 11.5. The zero-order valence-electron chi connectivity index (χ0n) is 22.6. The molecule has 0 saturated carbocycles. The molecular weight excluding hydrogens is 516 g/mol. The molecule has 0 N–H and O–H groups in total. The molecule has 5 aromatic rings. The van der Waals surface area contributed by atoms with Crippen molar-refractivity contribution in [2.75, 3.05) is 0 Å². The Morgan fingerprint density at radius 2 is 1.40 bits per heavy atom. The summed E-state index contributed by atoms with van der Waals surface area (Å²) in [6, 6.07) is 28.8. The molecule has 0 aliphatic rings. The summed E-state index contributed by atoms with van der Waals surface area (Å²) in [5.41, 5.74) is 9.55. The first-order valence-corrected chi connectivity index (χ1v) is 15.7. The fourth-order valence-electron chi connectivity index (χ4n) is 4.55. The van der Waals surface area contributed by atoms with Gasteiger partial charge in [0, 0.05) is 0 Å². The molecule has 5 aromatic carbocycles. The topological polar surface area (TPSA) is 0 Å². The van der Waals surface area contributed by atoms with Gasteiger partial charge in [0.25, 0.3) is 0 Å². The van der Waals surface area contributed by atoms with E-state index in [9.17, 15) is 0 Å². The van der Waals surface area contributed by atoms with Crippen LogP contribution in [0.3, 0.4) is 0 Å². The predicted octanol–water partition coefficient (Wildman–Crippen LogP) is 9.66. The third kappa shape index (κ3) is 7.25. The van der Waals surface area contributed by atoms with Crippen LogP contribution >= 0.6 is 0 Å². The monoisotopic (exact) mass is 552 g/mol. The van der Waals surface area contributed by atoms with Crippen LogP contribution in [-0.2, 0) is 23.3 Å². The average molecular weight is 554 g/mol. The van der Waals surface area contributed by atoms with Crippen molar-refractivity contribution >= 4 is 28.4 Å². The van der Waals surface area contributed by atoms with Crippen LogP contribution in [0.5, 0.6) is 0 Å². The second-order valence-electron chi connectivity index (χ2n) is 9.19. The van der Waals surface area contributed by atoms with Gasteiger partial charge in [0.05, 0.1) is 0 Å². The second-order valence-corrected chi connectivity index (χ2v) is 9.19. The molecular formula is C33H38SiZr-4. The van der Waals surface area contributed by atoms with E-state index in [0.29, 0.717) is 5.92 Å². The number of benzene rings is 3. The molecule has 182 valence electrons. The summed E-state index contributed by atoms with van der Waals surface area (Å²) >= 11 is 1.36. The van der Waals surface area contributed by atoms with Crippen molar-refractivity contribution in [2.45, 2.75) is 47.5 Å². The molecule has 0 saturated heterocycles. The van der Waals surface area contributed by atoms with E-state index in [-0.39, 0.29) is 14.9 Å². The molecule has 0 amide bonds. The zero-order valence-corrected chi connectivity index (χ0v) is 26.0. The van der Waals surface area contributed by atoms with E-state index < -0.39 is 0 Å². The molecule has 0 spiro atoms. The van der Waals surface area contributed by atoms with Gasteiger partial charge in [-0.3, -0.25) is 0 Å². The summed E-state index contributed by atoms with van der Waals surface area (Å²) < 4.78 is 0. The van der Waals surface area contributed by atoms with Gasteiger partial charge in [-0.1, -0.05) is 80.8 Å². The summed E-state index contributed by atoms with van der Waals surface area (Å²) in [5, 5.41) is 5.52. The van der Waals surface area contributed by atoms with Crippen molar-refractivity contribution < 1.29 is 23.3 Å². The van der Waals surface area contributed by atoms with Gasteiger partial charge in [-0.05, 0) is 25.3 Å². The number of aryl methyl sites for hydroxylation is 4. The Balaban J connectivity index is 0.000000323. The maximum absolute atomic E-state index is 3.06. The van der Waals surface area contributed by atoms with E-state index in [1.165, 1.54) is 83.8 Å². The summed E-state index contributed by atoms with van der Waals surface area (Å²) in [6.07, 6.45) is 0. The van der Waals surface area contributed by atoms with Gasteiger partial charge in [-0.15, -0.1) is 68.6 Å². The Morgan fingerprint density at radius 1 is 0.743 bits per heavy atom. The predicted molar refractivity (Wildman–Crippen MR) is 156 cm³/mol. The van der Waals surface area contributed by atoms with Gasteiger partial charge in [-0.2, -0.15) is 12.1 Å². The molecule has 0 aromatic heterocycles. The minimum atomic E-state index is 0. The molecule has 2 radical (unpaired) electrons. The van der Waals surface area contributed by atoms with E-state index in [1.54, 1.807) is 0 Å². The summed E-state index contributed by atoms with van der Waals surface area (Å²) in [7, 11) is 0. The van der Waals surface area contributed by atoms with Gasteiger partial charge in [0.1, 0.15) is 0 Å². The first-order chi connectivity index (χ1) is 15.8. The van der Waals surface area contributed by atoms with E-state index in [0.717, 1.165) is 0 Å². The van der Waals surface area contributed by atoms with Crippen LogP contribution in [0, 0.1) is 42.5 Å². The van der Waals surface area contributed by atoms with Crippen molar-refractivity contribution in [1.29, 1.82) is 0 Å². The van der Waals surface area contributed by atoms with Gasteiger partial charge in [0.15, 0.2) is 0 Å². The molecule has 0 nitrogen and oxygen atoms in total. The van der Waals surface area contributed by atoms with Crippen LogP contribution in [-0.4, -0.2) is 6.88 Å². The van der Waals surface area contributed by atoms with Crippen molar-refractivity contribution in [2.24, 2.45) is 0 Å². The first kappa shape index (κ1) is 31.0. The third-order valence-electron chi connectivity index (χ3n) is 6.17. The molecule has 2 heteroatoms. The standard InChI is InChI=1S/C18H17.C13H15.2CH3.Si.Zr/c1-12-9-16-13(2)11-14(3)18(17(16)10-12)15-7-5-4-6-8-15;1-9(2)12-7-11-5-4-10(3)6-13(11)8-12;;;;/h4-11H,1-3H3;4-9H,1-3H3;2*1H3;;/q4*-1;;. The van der Waals surface area contributed by atoms with Crippen LogP contribution in [0.4, 0.5) is 0 Å². The minimum absolute atomic E-state index is 0. The molecule has 0 fully saturated rings. The van der Waals surface area contributed by atoms with E-state index >= 15 is 0 Å². The molecule has 0 aliphatic heterocycles. The summed E-state index contributed by atoms with van der Waals surface area (Å²) in [6.45, 7) is 16.3. The molecule has 0 atom stereocenters. The van der Waals surface area contributed by atoms with Crippen molar-refractivity contribution in [3.05, 3.63) is 122 Å². The van der Waals surface area contributed by atoms with Gasteiger partial charge < -0.3 is 14.9 Å². The van der Waals surface area contributed by atoms with Gasteiger partial charge >= 0.3 is 30.2 Å². The quantitative estimate of drug-likeness (QED) is 0.151. The third-order valence-corrected chi connectivity index (χ3v) is 6.17. The van der Waals surface area contributed by atoms with Gasteiger partial charge in [0.2, 0.25) is 0 Å². The molecule has 35 heavy (non-hydrogen) atoms. The summed E-state index contributed by atoms with van der Waals surface area (Å²) in [5.74, 6) is 0.632. The van der Waals surface area contributed by atoms with E-state index in [4.69, 9.17) is 0 Å². The zero-order chi connectivity index (χ0) is 24.1. The Morgan fingerprint density at radius 3 is 2.03 bits per heavy atom. The van der Waals surface area contributed by atoms with Crippen molar-refractivity contribution in [3.8, 4) is 11.1 Å². The molecule has 5 rings (SSSR count). The fourth-order valence-corrected chi connectivity index (χ4v) is 4.55. The van der Waals surface area contributed by atoms with E-state index in [1.807, 2.05) is 0 Å². The Labute approximate surface area is 230 Å². The van der Waals surface area contributed by atoms with Gasteiger partial charge in [-0.25, -0.2) is 0 Å². The van der Waals surface area contributed by atoms with Crippen LogP contribution < -0.4 is 0 Å². The fraction of sp³-hybridized carbons (Fsp3) is 0.212. The Bertz CT molecular complexity index is 1350. The normalized spacial score (nSPS) is 10.0. The molecule has 0 heterocycles. The van der Waals surface area contributed by atoms with Crippen molar-refractivity contribution in [1.82, 2.24) is 0 Å². The molecule has 0 aliphatic carbocycles. The van der Waals surface area contributed by atoms with Crippen LogP contribution in [0.25, 0.3) is 32.7 Å². The molecule has 0 unspecified atom stereocenters. The molecule has 0 bridgehead atoms. The Hall–Kier alpha value is -2.02. The average Bonchev–Trinajstić information content (AvgIpc) is 3.40. The van der Waals surface area contributed by atoms with Crippen LogP contribution in [0.1, 0.15) is 47.6 Å². The summed E-state index contributed by atoms with van der Waals surface area (Å²) in [4.78, 5) is 0. The SMILES string of the molecule is Cc1cc2c(-c3ccccc3)c(C)cc(C)c2[cH-]1.Cc1ccc2[cH-]c(C(C)C)cc2c1.[CH3-].[CH3-].[Si]=[Zr]. The maximum atomic E-state index is 3.06. The number of hydrogen-bond donors (Lipinski definition) is 0. The Kier molecular flexibility index (Phi) is 12.3. The van der Waals surface area contributed by atoms with Crippen LogP contribution in [0.2, 0.25) is 0 Å².